The molecule has 0 atom stereocenters. The molecule has 29 heavy (non-hydrogen) atoms. The van der Waals surface area contributed by atoms with Crippen molar-refractivity contribution in [1.82, 2.24) is 9.88 Å². The molecule has 1 heterocycles. The Morgan fingerprint density at radius 1 is 1.10 bits per heavy atom. The highest BCUT2D eigenvalue weighted by Gasteiger charge is 2.23. The number of nitrogens with zero attached hydrogens (tertiary/aromatic N) is 3. The zero-order chi connectivity index (χ0) is 21.0. The zero-order valence-corrected chi connectivity index (χ0v) is 18.9. The van der Waals surface area contributed by atoms with Gasteiger partial charge in [-0.05, 0) is 50.7 Å². The van der Waals surface area contributed by atoms with Crippen LogP contribution in [-0.4, -0.2) is 63.5 Å². The predicted octanol–water partition coefficient (Wildman–Crippen LogP) is 4.24. The van der Waals surface area contributed by atoms with Crippen LogP contribution < -0.4 is 14.4 Å². The van der Waals surface area contributed by atoms with Gasteiger partial charge in [-0.2, -0.15) is 0 Å². The van der Waals surface area contributed by atoms with E-state index in [2.05, 4.69) is 11.0 Å². The molecule has 0 aliphatic carbocycles. The van der Waals surface area contributed by atoms with E-state index in [1.165, 1.54) is 11.3 Å². The fraction of sp³-hybridized carbons (Fsp3) is 0.333. The number of aromatic nitrogens is 1. The smallest absolute Gasteiger partial charge is 0.260 e. The van der Waals surface area contributed by atoms with Crippen molar-refractivity contribution in [3.05, 3.63) is 42.0 Å². The van der Waals surface area contributed by atoms with Crippen molar-refractivity contribution in [1.29, 1.82) is 0 Å². The summed E-state index contributed by atoms with van der Waals surface area (Å²) in [7, 11) is 7.12. The van der Waals surface area contributed by atoms with Gasteiger partial charge in [0.2, 0.25) is 0 Å². The summed E-state index contributed by atoms with van der Waals surface area (Å²) in [6.45, 7) is 1.26. The van der Waals surface area contributed by atoms with Crippen molar-refractivity contribution in [2.75, 3.05) is 52.6 Å². The first-order chi connectivity index (χ1) is 14.0. The van der Waals surface area contributed by atoms with E-state index < -0.39 is 0 Å². The molecule has 154 valence electrons. The van der Waals surface area contributed by atoms with Gasteiger partial charge in [0.05, 0.1) is 24.4 Å². The largest absolute Gasteiger partial charge is 0.493 e. The van der Waals surface area contributed by atoms with Gasteiger partial charge in [-0.1, -0.05) is 17.4 Å². The number of rotatable bonds is 8. The maximum absolute atomic E-state index is 13.4. The molecular formula is C21H25N3O3S2. The number of hydrogen-bond acceptors (Lipinski definition) is 7. The van der Waals surface area contributed by atoms with Crippen LogP contribution in [0.4, 0.5) is 5.13 Å². The lowest BCUT2D eigenvalue weighted by Crippen LogP contribution is -2.36. The molecule has 6 nitrogen and oxygen atoms in total. The van der Waals surface area contributed by atoms with Gasteiger partial charge in [0, 0.05) is 23.5 Å². The van der Waals surface area contributed by atoms with Crippen LogP contribution in [0.15, 0.2) is 41.3 Å². The fourth-order valence-electron chi connectivity index (χ4n) is 2.90. The first-order valence-corrected chi connectivity index (χ1v) is 11.1. The molecule has 0 aliphatic heterocycles. The summed E-state index contributed by atoms with van der Waals surface area (Å²) in [6.07, 6.45) is 2.03. The third kappa shape index (κ3) is 4.66. The second-order valence-electron chi connectivity index (χ2n) is 6.63. The summed E-state index contributed by atoms with van der Waals surface area (Å²) in [4.78, 5) is 23.1. The molecule has 0 aliphatic rings. The Hall–Kier alpha value is -2.29. The maximum atomic E-state index is 13.4. The lowest BCUT2D eigenvalue weighted by Gasteiger charge is -2.22. The molecule has 0 N–H and O–H groups in total. The average Bonchev–Trinajstić information content (AvgIpc) is 3.16. The van der Waals surface area contributed by atoms with Gasteiger partial charge in [0.1, 0.15) is 0 Å². The molecular weight excluding hydrogens is 406 g/mol. The minimum Gasteiger partial charge on any atom is -0.493 e. The molecule has 2 aromatic carbocycles. The Balaban J connectivity index is 2.02. The Bertz CT molecular complexity index is 1000. The van der Waals surface area contributed by atoms with Gasteiger partial charge in [-0.15, -0.1) is 11.8 Å². The molecule has 0 radical (unpaired) electrons. The Labute approximate surface area is 179 Å². The van der Waals surface area contributed by atoms with Crippen molar-refractivity contribution in [2.45, 2.75) is 4.90 Å². The van der Waals surface area contributed by atoms with Gasteiger partial charge >= 0.3 is 0 Å². The molecule has 3 aromatic rings. The number of likely N-dealkylation sites (N-methyl/N-ethyl adjacent to an activating group) is 1. The van der Waals surface area contributed by atoms with E-state index in [-0.39, 0.29) is 5.91 Å². The van der Waals surface area contributed by atoms with Crippen molar-refractivity contribution < 1.29 is 14.3 Å². The number of carbonyl (C=O) groups excluding carboxylic acids is 1. The van der Waals surface area contributed by atoms with Crippen LogP contribution >= 0.6 is 23.1 Å². The number of ether oxygens (including phenoxy) is 2. The van der Waals surface area contributed by atoms with Gasteiger partial charge in [0.15, 0.2) is 16.6 Å². The standard InChI is InChI=1S/C21H25N3O3S2/c1-23(2)11-12-24(20(25)14-9-10-15(26-3)16(13-14)27-4)21-22-19-17(28-5)7-6-8-18(19)29-21/h6-10,13H,11-12H2,1-5H3. The zero-order valence-electron chi connectivity index (χ0n) is 17.3. The van der Waals surface area contributed by atoms with E-state index in [9.17, 15) is 4.79 Å². The highest BCUT2D eigenvalue weighted by molar-refractivity contribution is 7.98. The number of thioether (sulfide) groups is 1. The second-order valence-corrected chi connectivity index (χ2v) is 8.49. The number of thiazole rings is 1. The van der Waals surface area contributed by atoms with E-state index in [1.54, 1.807) is 49.1 Å². The van der Waals surface area contributed by atoms with Crippen molar-refractivity contribution in [3.8, 4) is 11.5 Å². The molecule has 0 bridgehead atoms. The number of methoxy groups -OCH3 is 2. The summed E-state index contributed by atoms with van der Waals surface area (Å²) in [6, 6.07) is 11.3. The van der Waals surface area contributed by atoms with Crippen LogP contribution in [0.2, 0.25) is 0 Å². The monoisotopic (exact) mass is 431 g/mol. The number of carbonyl (C=O) groups is 1. The Morgan fingerprint density at radius 3 is 2.52 bits per heavy atom. The fourth-order valence-corrected chi connectivity index (χ4v) is 4.55. The molecule has 0 saturated carbocycles. The molecule has 0 fully saturated rings. The van der Waals surface area contributed by atoms with Gasteiger partial charge in [-0.25, -0.2) is 4.98 Å². The number of para-hydroxylation sites is 1. The van der Waals surface area contributed by atoms with Crippen LogP contribution in [0.25, 0.3) is 10.2 Å². The normalized spacial score (nSPS) is 11.1. The number of amides is 1. The maximum Gasteiger partial charge on any atom is 0.260 e. The Kier molecular flexibility index (Phi) is 7.00. The van der Waals surface area contributed by atoms with Gasteiger partial charge in [-0.3, -0.25) is 9.69 Å². The molecule has 1 aromatic heterocycles. The van der Waals surface area contributed by atoms with Gasteiger partial charge in [0.25, 0.3) is 5.91 Å². The summed E-state index contributed by atoms with van der Waals surface area (Å²) in [5, 5.41) is 0.697. The van der Waals surface area contributed by atoms with E-state index in [0.29, 0.717) is 28.7 Å². The predicted molar refractivity (Wildman–Crippen MR) is 121 cm³/mol. The van der Waals surface area contributed by atoms with Crippen molar-refractivity contribution in [2.24, 2.45) is 0 Å². The SMILES string of the molecule is COc1ccc(C(=O)N(CCN(C)C)c2nc3c(SC)cccc3s2)cc1OC. The first-order valence-electron chi connectivity index (χ1n) is 9.10. The lowest BCUT2D eigenvalue weighted by molar-refractivity contribution is 0.0985. The second kappa shape index (κ2) is 9.47. The van der Waals surface area contributed by atoms with Crippen LogP contribution in [0, 0.1) is 0 Å². The minimum absolute atomic E-state index is 0.113. The van der Waals surface area contributed by atoms with Crippen LogP contribution in [0.3, 0.4) is 0 Å². The Morgan fingerprint density at radius 2 is 1.86 bits per heavy atom. The van der Waals surface area contributed by atoms with E-state index in [0.717, 1.165) is 21.7 Å². The molecule has 3 rings (SSSR count). The molecule has 0 spiro atoms. The molecule has 0 saturated heterocycles. The molecule has 1 amide bonds. The lowest BCUT2D eigenvalue weighted by atomic mass is 10.1. The minimum atomic E-state index is -0.113. The third-order valence-corrected chi connectivity index (χ3v) is 6.28. The summed E-state index contributed by atoms with van der Waals surface area (Å²) < 4.78 is 11.7. The van der Waals surface area contributed by atoms with Crippen LogP contribution in [0.5, 0.6) is 11.5 Å². The number of benzene rings is 2. The van der Waals surface area contributed by atoms with E-state index in [4.69, 9.17) is 14.5 Å². The molecule has 0 unspecified atom stereocenters. The molecule has 8 heteroatoms. The number of anilines is 1. The third-order valence-electron chi connectivity index (χ3n) is 4.47. The van der Waals surface area contributed by atoms with Crippen molar-refractivity contribution in [3.63, 3.8) is 0 Å². The average molecular weight is 432 g/mol. The van der Waals surface area contributed by atoms with Crippen LogP contribution in [-0.2, 0) is 0 Å². The summed E-state index contributed by atoms with van der Waals surface area (Å²) >= 11 is 3.19. The summed E-state index contributed by atoms with van der Waals surface area (Å²) in [5.41, 5.74) is 1.47. The number of fused-ring (bicyclic) bond motifs is 1. The first kappa shape index (κ1) is 21.4. The summed E-state index contributed by atoms with van der Waals surface area (Å²) in [5.74, 6) is 1.01. The van der Waals surface area contributed by atoms with Crippen molar-refractivity contribution >= 4 is 44.4 Å². The van der Waals surface area contributed by atoms with E-state index >= 15 is 0 Å². The van der Waals surface area contributed by atoms with E-state index in [1.807, 2.05) is 32.5 Å². The topological polar surface area (TPSA) is 54.9 Å². The highest BCUT2D eigenvalue weighted by atomic mass is 32.2. The number of hydrogen-bond donors (Lipinski definition) is 0. The van der Waals surface area contributed by atoms with Crippen LogP contribution in [0.1, 0.15) is 10.4 Å². The highest BCUT2D eigenvalue weighted by Crippen LogP contribution is 2.35. The quantitative estimate of drug-likeness (QED) is 0.497. The van der Waals surface area contributed by atoms with Gasteiger partial charge < -0.3 is 14.4 Å².